The monoisotopic (exact) mass is 315 g/mol. The zero-order valence-corrected chi connectivity index (χ0v) is 12.8. The van der Waals surface area contributed by atoms with E-state index in [0.29, 0.717) is 11.6 Å². The maximum atomic E-state index is 5.81. The molecule has 6 heteroatoms. The Morgan fingerprint density at radius 2 is 1.68 bits per heavy atom. The van der Waals surface area contributed by atoms with Gasteiger partial charge in [-0.2, -0.15) is 4.99 Å². The van der Waals surface area contributed by atoms with Crippen LogP contribution in [0.15, 0.2) is 64.6 Å². The summed E-state index contributed by atoms with van der Waals surface area (Å²) < 4.78 is 0. The fourth-order valence-electron chi connectivity index (χ4n) is 1.81. The number of anilines is 1. The van der Waals surface area contributed by atoms with Crippen molar-refractivity contribution in [1.29, 1.82) is 0 Å². The molecule has 2 aromatic rings. The lowest BCUT2D eigenvalue weighted by Crippen LogP contribution is -2.26. The van der Waals surface area contributed by atoms with E-state index in [1.165, 1.54) is 5.56 Å². The molecule has 114 valence electrons. The number of rotatable bonds is 4. The molecule has 0 aromatic heterocycles. The van der Waals surface area contributed by atoms with Gasteiger partial charge < -0.3 is 16.8 Å². The molecular formula is C16H18ClN5. The maximum Gasteiger partial charge on any atom is 0.218 e. The molecule has 0 fully saturated rings. The number of benzene rings is 2. The fourth-order valence-corrected chi connectivity index (χ4v) is 1.94. The van der Waals surface area contributed by atoms with Crippen molar-refractivity contribution in [2.24, 2.45) is 21.5 Å². The van der Waals surface area contributed by atoms with Gasteiger partial charge in [-0.25, -0.2) is 0 Å². The summed E-state index contributed by atoms with van der Waals surface area (Å²) >= 11 is 5.81. The predicted octanol–water partition coefficient (Wildman–Crippen LogP) is 2.62. The highest BCUT2D eigenvalue weighted by Crippen LogP contribution is 2.12. The second-order valence-electron chi connectivity index (χ2n) is 4.60. The van der Waals surface area contributed by atoms with Gasteiger partial charge in [0.2, 0.25) is 11.9 Å². The molecule has 2 aromatic carbocycles. The Bertz CT molecular complexity index is 650. The molecule has 0 bridgehead atoms. The third kappa shape index (κ3) is 5.46. The van der Waals surface area contributed by atoms with Crippen LogP contribution in [0.2, 0.25) is 5.02 Å². The molecule has 0 saturated carbocycles. The van der Waals surface area contributed by atoms with E-state index < -0.39 is 0 Å². The lowest BCUT2D eigenvalue weighted by molar-refractivity contribution is 0.962. The SMILES string of the molecule is NC(=NCCc1ccccc1)/N=C(\N)Nc1ccc(Cl)cc1. The van der Waals surface area contributed by atoms with Crippen LogP contribution >= 0.6 is 11.6 Å². The van der Waals surface area contributed by atoms with E-state index in [4.69, 9.17) is 23.1 Å². The lowest BCUT2D eigenvalue weighted by Gasteiger charge is -2.05. The molecule has 0 aliphatic heterocycles. The summed E-state index contributed by atoms with van der Waals surface area (Å²) in [4.78, 5) is 8.18. The van der Waals surface area contributed by atoms with Crippen LogP contribution < -0.4 is 16.8 Å². The Balaban J connectivity index is 1.87. The van der Waals surface area contributed by atoms with E-state index >= 15 is 0 Å². The first-order valence-corrected chi connectivity index (χ1v) is 7.22. The summed E-state index contributed by atoms with van der Waals surface area (Å²) in [6, 6.07) is 17.2. The highest BCUT2D eigenvalue weighted by molar-refractivity contribution is 6.30. The number of hydrogen-bond donors (Lipinski definition) is 3. The Hall–Kier alpha value is -2.53. The standard InChI is InChI=1S/C16H18ClN5/c17-13-6-8-14(9-7-13)21-16(19)22-15(18)20-11-10-12-4-2-1-3-5-12/h1-9H,10-11H2,(H5,18,19,20,21,22). The topological polar surface area (TPSA) is 88.8 Å². The average molecular weight is 316 g/mol. The van der Waals surface area contributed by atoms with Crippen LogP contribution in [0, 0.1) is 0 Å². The summed E-state index contributed by atoms with van der Waals surface area (Å²) in [7, 11) is 0. The molecular weight excluding hydrogens is 298 g/mol. The average Bonchev–Trinajstić information content (AvgIpc) is 2.50. The van der Waals surface area contributed by atoms with E-state index in [9.17, 15) is 0 Å². The highest BCUT2D eigenvalue weighted by Gasteiger charge is 1.97. The second-order valence-corrected chi connectivity index (χ2v) is 5.04. The molecule has 0 aliphatic carbocycles. The van der Waals surface area contributed by atoms with Crippen LogP contribution in [-0.2, 0) is 6.42 Å². The fraction of sp³-hybridized carbons (Fsp3) is 0.125. The third-order valence-electron chi connectivity index (χ3n) is 2.87. The van der Waals surface area contributed by atoms with Gasteiger partial charge >= 0.3 is 0 Å². The van der Waals surface area contributed by atoms with Crippen LogP contribution in [0.3, 0.4) is 0 Å². The highest BCUT2D eigenvalue weighted by atomic mass is 35.5. The summed E-state index contributed by atoms with van der Waals surface area (Å²) in [6.07, 6.45) is 0.807. The Morgan fingerprint density at radius 3 is 2.36 bits per heavy atom. The first kappa shape index (κ1) is 15.9. The molecule has 2 rings (SSSR count). The van der Waals surface area contributed by atoms with Gasteiger partial charge in [0.15, 0.2) is 0 Å². The van der Waals surface area contributed by atoms with Crippen molar-refractivity contribution in [3.05, 3.63) is 65.2 Å². The number of nitrogens with zero attached hydrogens (tertiary/aromatic N) is 2. The third-order valence-corrected chi connectivity index (χ3v) is 3.12. The van der Waals surface area contributed by atoms with Crippen molar-refractivity contribution in [2.45, 2.75) is 6.42 Å². The van der Waals surface area contributed by atoms with Crippen LogP contribution in [-0.4, -0.2) is 18.5 Å². The van der Waals surface area contributed by atoms with Crippen molar-refractivity contribution >= 4 is 29.2 Å². The predicted molar refractivity (Wildman–Crippen MR) is 93.3 cm³/mol. The molecule has 5 N–H and O–H groups in total. The molecule has 0 heterocycles. The quantitative estimate of drug-likeness (QED) is 0.598. The summed E-state index contributed by atoms with van der Waals surface area (Å²) in [5.74, 6) is 0.332. The van der Waals surface area contributed by atoms with Gasteiger partial charge in [-0.05, 0) is 36.2 Å². The number of aliphatic imine (C=N–C) groups is 2. The van der Waals surface area contributed by atoms with Gasteiger partial charge in [-0.1, -0.05) is 41.9 Å². The molecule has 0 amide bonds. The largest absolute Gasteiger partial charge is 0.369 e. The molecule has 0 aliphatic rings. The van der Waals surface area contributed by atoms with Gasteiger partial charge in [0.1, 0.15) is 0 Å². The van der Waals surface area contributed by atoms with Crippen molar-refractivity contribution in [2.75, 3.05) is 11.9 Å². The first-order chi connectivity index (χ1) is 10.6. The van der Waals surface area contributed by atoms with Gasteiger partial charge in [0.05, 0.1) is 0 Å². The van der Waals surface area contributed by atoms with Crippen molar-refractivity contribution in [1.82, 2.24) is 0 Å². The Kier molecular flexibility index (Phi) is 5.80. The van der Waals surface area contributed by atoms with Gasteiger partial charge in [0, 0.05) is 17.3 Å². The van der Waals surface area contributed by atoms with E-state index in [1.54, 1.807) is 24.3 Å². The first-order valence-electron chi connectivity index (χ1n) is 6.84. The van der Waals surface area contributed by atoms with Crippen LogP contribution in [0.25, 0.3) is 0 Å². The number of nitrogens with one attached hydrogen (secondary N) is 1. The summed E-state index contributed by atoms with van der Waals surface area (Å²) in [5, 5.41) is 3.57. The van der Waals surface area contributed by atoms with Crippen molar-refractivity contribution < 1.29 is 0 Å². The smallest absolute Gasteiger partial charge is 0.218 e. The van der Waals surface area contributed by atoms with Crippen LogP contribution in [0.4, 0.5) is 5.69 Å². The van der Waals surface area contributed by atoms with E-state index in [0.717, 1.165) is 12.1 Å². The van der Waals surface area contributed by atoms with Crippen molar-refractivity contribution in [3.63, 3.8) is 0 Å². The minimum Gasteiger partial charge on any atom is -0.369 e. The lowest BCUT2D eigenvalue weighted by atomic mass is 10.2. The number of guanidine groups is 2. The van der Waals surface area contributed by atoms with Crippen LogP contribution in [0.5, 0.6) is 0 Å². The molecule has 0 unspecified atom stereocenters. The molecule has 0 spiro atoms. The van der Waals surface area contributed by atoms with E-state index in [1.807, 2.05) is 30.3 Å². The van der Waals surface area contributed by atoms with Crippen LogP contribution in [0.1, 0.15) is 5.56 Å². The molecule has 0 radical (unpaired) electrons. The summed E-state index contributed by atoms with van der Waals surface area (Å²) in [5.41, 5.74) is 13.5. The maximum absolute atomic E-state index is 5.81. The zero-order valence-electron chi connectivity index (χ0n) is 12.0. The number of halogens is 1. The number of nitrogens with two attached hydrogens (primary N) is 2. The summed E-state index contributed by atoms with van der Waals surface area (Å²) in [6.45, 7) is 0.563. The second kappa shape index (κ2) is 8.05. The molecule has 22 heavy (non-hydrogen) atoms. The van der Waals surface area contributed by atoms with Crippen molar-refractivity contribution in [3.8, 4) is 0 Å². The minimum atomic E-state index is 0.148. The molecule has 0 atom stereocenters. The van der Waals surface area contributed by atoms with E-state index in [2.05, 4.69) is 15.3 Å². The normalized spacial score (nSPS) is 12.2. The van der Waals surface area contributed by atoms with Gasteiger partial charge in [0.25, 0.3) is 0 Å². The Morgan fingerprint density at radius 1 is 1.00 bits per heavy atom. The Labute approximate surface area is 134 Å². The molecule has 0 saturated heterocycles. The minimum absolute atomic E-state index is 0.148. The van der Waals surface area contributed by atoms with E-state index in [-0.39, 0.29) is 11.9 Å². The zero-order chi connectivity index (χ0) is 15.8. The van der Waals surface area contributed by atoms with Gasteiger partial charge in [-0.3, -0.25) is 4.99 Å². The number of hydrogen-bond acceptors (Lipinski definition) is 1. The van der Waals surface area contributed by atoms with Gasteiger partial charge in [-0.15, -0.1) is 0 Å². The molecule has 5 nitrogen and oxygen atoms in total.